The SMILES string of the molecule is CNC(=O)Cc1ccc(NC(=O)/C=C/c2ccc(C3CC3C)o2)cc1. The summed E-state index contributed by atoms with van der Waals surface area (Å²) in [6.07, 6.45) is 4.63. The Kier molecular flexibility index (Phi) is 5.03. The summed E-state index contributed by atoms with van der Waals surface area (Å²) in [6.45, 7) is 2.20. The Labute approximate surface area is 147 Å². The number of hydrogen-bond donors (Lipinski definition) is 2. The van der Waals surface area contributed by atoms with Crippen molar-refractivity contribution >= 4 is 23.6 Å². The van der Waals surface area contributed by atoms with Crippen LogP contribution >= 0.6 is 0 Å². The second kappa shape index (κ2) is 7.38. The lowest BCUT2D eigenvalue weighted by Crippen LogP contribution is -2.19. The summed E-state index contributed by atoms with van der Waals surface area (Å²) in [4.78, 5) is 23.3. The lowest BCUT2D eigenvalue weighted by atomic mass is 10.1. The van der Waals surface area contributed by atoms with E-state index in [0.29, 0.717) is 29.7 Å². The van der Waals surface area contributed by atoms with E-state index in [2.05, 4.69) is 17.6 Å². The first-order valence-corrected chi connectivity index (χ1v) is 8.43. The summed E-state index contributed by atoms with van der Waals surface area (Å²) >= 11 is 0. The summed E-state index contributed by atoms with van der Waals surface area (Å²) in [6, 6.07) is 11.1. The number of nitrogens with one attached hydrogen (secondary N) is 2. The molecule has 2 amide bonds. The number of amides is 2. The Morgan fingerprint density at radius 3 is 2.56 bits per heavy atom. The van der Waals surface area contributed by atoms with Crippen LogP contribution in [0.15, 0.2) is 46.9 Å². The molecule has 5 heteroatoms. The predicted octanol–water partition coefficient (Wildman–Crippen LogP) is 3.34. The normalized spacial score (nSPS) is 19.0. The largest absolute Gasteiger partial charge is 0.461 e. The minimum absolute atomic E-state index is 0.0434. The first kappa shape index (κ1) is 17.0. The smallest absolute Gasteiger partial charge is 0.248 e. The maximum atomic E-state index is 12.0. The molecular weight excluding hydrogens is 316 g/mol. The van der Waals surface area contributed by atoms with Crippen LogP contribution in [-0.2, 0) is 16.0 Å². The van der Waals surface area contributed by atoms with Gasteiger partial charge in [0.1, 0.15) is 11.5 Å². The van der Waals surface area contributed by atoms with Gasteiger partial charge in [-0.1, -0.05) is 19.1 Å². The molecule has 1 saturated carbocycles. The highest BCUT2D eigenvalue weighted by Gasteiger charge is 2.36. The molecule has 3 rings (SSSR count). The van der Waals surface area contributed by atoms with Crippen molar-refractivity contribution in [1.82, 2.24) is 5.32 Å². The summed E-state index contributed by atoms with van der Waals surface area (Å²) in [5.74, 6) is 2.64. The number of hydrogen-bond acceptors (Lipinski definition) is 3. The molecule has 130 valence electrons. The van der Waals surface area contributed by atoms with Crippen molar-refractivity contribution in [3.63, 3.8) is 0 Å². The van der Waals surface area contributed by atoms with E-state index in [1.807, 2.05) is 24.3 Å². The van der Waals surface area contributed by atoms with Crippen LogP contribution in [-0.4, -0.2) is 18.9 Å². The highest BCUT2D eigenvalue weighted by Crippen LogP contribution is 2.47. The standard InChI is InChI=1S/C20H22N2O3/c1-13-11-17(13)18-9-7-16(25-18)8-10-19(23)22-15-5-3-14(4-6-15)12-20(24)21-2/h3-10,13,17H,11-12H2,1-2H3,(H,21,24)(H,22,23)/b10-8+. The number of furan rings is 1. The number of carbonyl (C=O) groups is 2. The summed E-state index contributed by atoms with van der Waals surface area (Å²) in [5, 5.41) is 5.37. The minimum atomic E-state index is -0.225. The molecule has 1 aromatic heterocycles. The second-order valence-electron chi connectivity index (χ2n) is 6.43. The van der Waals surface area contributed by atoms with Crippen molar-refractivity contribution in [2.45, 2.75) is 25.7 Å². The number of anilines is 1. The zero-order chi connectivity index (χ0) is 17.8. The molecule has 0 bridgehead atoms. The van der Waals surface area contributed by atoms with Gasteiger partial charge in [0, 0.05) is 24.7 Å². The van der Waals surface area contributed by atoms with Crippen LogP contribution in [0.3, 0.4) is 0 Å². The van der Waals surface area contributed by atoms with Crippen LogP contribution in [0.25, 0.3) is 6.08 Å². The number of benzene rings is 1. The van der Waals surface area contributed by atoms with Crippen molar-refractivity contribution in [3.05, 3.63) is 59.6 Å². The van der Waals surface area contributed by atoms with Crippen LogP contribution in [0, 0.1) is 5.92 Å². The van der Waals surface area contributed by atoms with Gasteiger partial charge >= 0.3 is 0 Å². The number of likely N-dealkylation sites (N-methyl/N-ethyl adjacent to an activating group) is 1. The van der Waals surface area contributed by atoms with E-state index in [0.717, 1.165) is 11.3 Å². The second-order valence-corrected chi connectivity index (χ2v) is 6.43. The van der Waals surface area contributed by atoms with E-state index in [9.17, 15) is 9.59 Å². The topological polar surface area (TPSA) is 71.3 Å². The molecule has 1 aliphatic rings. The van der Waals surface area contributed by atoms with Gasteiger partial charge in [0.15, 0.2) is 0 Å². The van der Waals surface area contributed by atoms with Gasteiger partial charge in [0.05, 0.1) is 6.42 Å². The quantitative estimate of drug-likeness (QED) is 0.794. The van der Waals surface area contributed by atoms with E-state index < -0.39 is 0 Å². The molecule has 5 nitrogen and oxygen atoms in total. The first-order valence-electron chi connectivity index (χ1n) is 8.43. The Morgan fingerprint density at radius 1 is 1.20 bits per heavy atom. The fraction of sp³-hybridized carbons (Fsp3) is 0.300. The fourth-order valence-corrected chi connectivity index (χ4v) is 2.70. The molecule has 1 aromatic carbocycles. The van der Waals surface area contributed by atoms with Gasteiger partial charge < -0.3 is 15.1 Å². The van der Waals surface area contributed by atoms with Crippen LogP contribution in [0.4, 0.5) is 5.69 Å². The summed E-state index contributed by atoms with van der Waals surface area (Å²) in [7, 11) is 1.61. The molecule has 0 aliphatic heterocycles. The number of carbonyl (C=O) groups excluding carboxylic acids is 2. The highest BCUT2D eigenvalue weighted by atomic mass is 16.3. The molecule has 2 aromatic rings. The molecule has 25 heavy (non-hydrogen) atoms. The van der Waals surface area contributed by atoms with Crippen molar-refractivity contribution < 1.29 is 14.0 Å². The first-order chi connectivity index (χ1) is 12.0. The van der Waals surface area contributed by atoms with E-state index in [4.69, 9.17) is 4.42 Å². The van der Waals surface area contributed by atoms with E-state index in [-0.39, 0.29) is 11.8 Å². The van der Waals surface area contributed by atoms with Gasteiger partial charge in [-0.25, -0.2) is 0 Å². The minimum Gasteiger partial charge on any atom is -0.461 e. The van der Waals surface area contributed by atoms with Crippen molar-refractivity contribution in [1.29, 1.82) is 0 Å². The third-order valence-corrected chi connectivity index (χ3v) is 4.39. The van der Waals surface area contributed by atoms with E-state index >= 15 is 0 Å². The van der Waals surface area contributed by atoms with Crippen LogP contribution in [0.1, 0.15) is 36.3 Å². The zero-order valence-electron chi connectivity index (χ0n) is 14.4. The van der Waals surface area contributed by atoms with Crippen LogP contribution < -0.4 is 10.6 Å². The third kappa shape index (κ3) is 4.59. The molecular formula is C20H22N2O3. The van der Waals surface area contributed by atoms with Gasteiger partial charge in [0.25, 0.3) is 0 Å². The highest BCUT2D eigenvalue weighted by molar-refractivity contribution is 6.01. The van der Waals surface area contributed by atoms with Crippen LogP contribution in [0.2, 0.25) is 0 Å². The molecule has 2 atom stereocenters. The van der Waals surface area contributed by atoms with Gasteiger partial charge in [0.2, 0.25) is 11.8 Å². The lowest BCUT2D eigenvalue weighted by Gasteiger charge is -2.04. The molecule has 0 spiro atoms. The summed E-state index contributed by atoms with van der Waals surface area (Å²) < 4.78 is 5.74. The molecule has 1 heterocycles. The molecule has 1 fully saturated rings. The van der Waals surface area contributed by atoms with E-state index in [1.165, 1.54) is 12.5 Å². The Bertz CT molecular complexity index is 790. The van der Waals surface area contributed by atoms with Crippen molar-refractivity contribution in [2.24, 2.45) is 5.92 Å². The molecule has 2 unspecified atom stereocenters. The zero-order valence-corrected chi connectivity index (χ0v) is 14.4. The summed E-state index contributed by atoms with van der Waals surface area (Å²) in [5.41, 5.74) is 1.58. The van der Waals surface area contributed by atoms with Gasteiger partial charge in [-0.05, 0) is 48.2 Å². The van der Waals surface area contributed by atoms with Crippen molar-refractivity contribution in [2.75, 3.05) is 12.4 Å². The maximum Gasteiger partial charge on any atom is 0.248 e. The van der Waals surface area contributed by atoms with Crippen molar-refractivity contribution in [3.8, 4) is 0 Å². The fourth-order valence-electron chi connectivity index (χ4n) is 2.70. The van der Waals surface area contributed by atoms with Gasteiger partial charge in [-0.2, -0.15) is 0 Å². The van der Waals surface area contributed by atoms with Gasteiger partial charge in [-0.3, -0.25) is 9.59 Å². The molecule has 1 aliphatic carbocycles. The Hall–Kier alpha value is -2.82. The average Bonchev–Trinajstić information content (AvgIpc) is 3.15. The molecule has 2 N–H and O–H groups in total. The average molecular weight is 338 g/mol. The number of rotatable bonds is 6. The monoisotopic (exact) mass is 338 g/mol. The van der Waals surface area contributed by atoms with E-state index in [1.54, 1.807) is 25.3 Å². The maximum absolute atomic E-state index is 12.0. The van der Waals surface area contributed by atoms with Gasteiger partial charge in [-0.15, -0.1) is 0 Å². The molecule has 0 radical (unpaired) electrons. The Morgan fingerprint density at radius 2 is 1.92 bits per heavy atom. The Balaban J connectivity index is 1.53. The predicted molar refractivity (Wildman–Crippen MR) is 97.1 cm³/mol. The van der Waals surface area contributed by atoms with Crippen LogP contribution in [0.5, 0.6) is 0 Å². The third-order valence-electron chi connectivity index (χ3n) is 4.39. The lowest BCUT2D eigenvalue weighted by molar-refractivity contribution is -0.120. The molecule has 0 saturated heterocycles.